The molecule has 2 atom stereocenters. The van der Waals surface area contributed by atoms with Crippen LogP contribution >= 0.6 is 0 Å². The van der Waals surface area contributed by atoms with Gasteiger partial charge in [0.15, 0.2) is 5.65 Å². The van der Waals surface area contributed by atoms with Gasteiger partial charge in [-0.05, 0) is 31.1 Å². The van der Waals surface area contributed by atoms with Gasteiger partial charge in [-0.25, -0.2) is 28.2 Å². The third-order valence-corrected chi connectivity index (χ3v) is 6.79. The van der Waals surface area contributed by atoms with Gasteiger partial charge in [-0.1, -0.05) is 0 Å². The molecular formula is C21H23F2N7O3. The zero-order valence-electron chi connectivity index (χ0n) is 18.3. The van der Waals surface area contributed by atoms with Crippen LogP contribution in [0.2, 0.25) is 0 Å². The van der Waals surface area contributed by atoms with Crippen LogP contribution in [0, 0.1) is 17.2 Å². The number of rotatable bonds is 5. The Morgan fingerprint density at radius 1 is 1.42 bits per heavy atom. The highest BCUT2D eigenvalue weighted by atomic mass is 19.3. The van der Waals surface area contributed by atoms with Crippen molar-refractivity contribution in [3.8, 4) is 6.07 Å². The van der Waals surface area contributed by atoms with Crippen LogP contribution in [-0.4, -0.2) is 61.6 Å². The summed E-state index contributed by atoms with van der Waals surface area (Å²) in [5.41, 5.74) is 6.41. The maximum Gasteiger partial charge on any atom is 0.407 e. The SMILES string of the molecule is COC1(C2CN(C(=O)O)C2)CC(C(C)n2nc(C(F)F)c3c(N)ncnc32)=CC(C#N)=C1C. The van der Waals surface area contributed by atoms with Crippen LogP contribution in [0.5, 0.6) is 0 Å². The van der Waals surface area contributed by atoms with E-state index in [1.807, 2.05) is 0 Å². The molecular weight excluding hydrogens is 436 g/mol. The predicted molar refractivity (Wildman–Crippen MR) is 113 cm³/mol. The van der Waals surface area contributed by atoms with E-state index < -0.39 is 29.9 Å². The molecule has 174 valence electrons. The number of ether oxygens (including phenoxy) is 1. The van der Waals surface area contributed by atoms with Crippen molar-refractivity contribution in [2.45, 2.75) is 38.3 Å². The first-order chi connectivity index (χ1) is 15.6. The predicted octanol–water partition coefficient (Wildman–Crippen LogP) is 3.07. The number of halogens is 2. The lowest BCUT2D eigenvalue weighted by Crippen LogP contribution is -2.61. The first kappa shape index (κ1) is 22.6. The number of hydrogen-bond acceptors (Lipinski definition) is 7. The number of nitrogens with two attached hydrogens (primary N) is 1. The number of aromatic nitrogens is 4. The van der Waals surface area contributed by atoms with Crippen molar-refractivity contribution in [3.05, 3.63) is 34.8 Å². The maximum absolute atomic E-state index is 13.7. The molecule has 0 saturated carbocycles. The van der Waals surface area contributed by atoms with Crippen molar-refractivity contribution in [1.29, 1.82) is 5.26 Å². The van der Waals surface area contributed by atoms with Crippen LogP contribution in [0.3, 0.4) is 0 Å². The summed E-state index contributed by atoms with van der Waals surface area (Å²) < 4.78 is 34.7. The van der Waals surface area contributed by atoms with E-state index in [9.17, 15) is 23.9 Å². The minimum Gasteiger partial charge on any atom is -0.465 e. The van der Waals surface area contributed by atoms with Gasteiger partial charge in [-0.15, -0.1) is 0 Å². The number of amides is 1. The number of carbonyl (C=O) groups is 1. The number of anilines is 1. The zero-order chi connectivity index (χ0) is 24.1. The molecule has 3 heterocycles. The second-order valence-corrected chi connectivity index (χ2v) is 8.29. The fourth-order valence-corrected chi connectivity index (χ4v) is 4.77. The van der Waals surface area contributed by atoms with Gasteiger partial charge in [0, 0.05) is 32.5 Å². The van der Waals surface area contributed by atoms with Crippen LogP contribution in [0.15, 0.2) is 29.1 Å². The van der Waals surface area contributed by atoms with Gasteiger partial charge < -0.3 is 20.5 Å². The fourth-order valence-electron chi connectivity index (χ4n) is 4.77. The molecule has 4 rings (SSSR count). The summed E-state index contributed by atoms with van der Waals surface area (Å²) in [4.78, 5) is 20.5. The Morgan fingerprint density at radius 3 is 2.70 bits per heavy atom. The zero-order valence-corrected chi connectivity index (χ0v) is 18.3. The molecule has 0 radical (unpaired) electrons. The van der Waals surface area contributed by atoms with Crippen LogP contribution in [0.1, 0.15) is 38.4 Å². The molecule has 10 nitrogen and oxygen atoms in total. The summed E-state index contributed by atoms with van der Waals surface area (Å²) in [6, 6.07) is 1.62. The van der Waals surface area contributed by atoms with Crippen LogP contribution in [0.25, 0.3) is 11.0 Å². The minimum atomic E-state index is -2.87. The Morgan fingerprint density at radius 2 is 2.12 bits per heavy atom. The minimum absolute atomic E-state index is 0.00270. The van der Waals surface area contributed by atoms with E-state index in [2.05, 4.69) is 21.1 Å². The molecule has 0 bridgehead atoms. The molecule has 2 aromatic heterocycles. The molecule has 1 amide bonds. The number of alkyl halides is 2. The second-order valence-electron chi connectivity index (χ2n) is 8.29. The lowest BCUT2D eigenvalue weighted by Gasteiger charge is -2.51. The Kier molecular flexibility index (Phi) is 5.53. The molecule has 0 spiro atoms. The van der Waals surface area contributed by atoms with Gasteiger partial charge in [0.25, 0.3) is 6.43 Å². The van der Waals surface area contributed by atoms with E-state index in [1.165, 1.54) is 23.0 Å². The summed E-state index contributed by atoms with van der Waals surface area (Å²) in [5, 5.41) is 23.1. The fraction of sp³-hybridized carbons (Fsp3) is 0.476. The standard InChI is InChI=1S/C21H23F2N7O3/c1-10-13(6-24)4-12(5-21(10,33-3)14-7-29(8-14)20(31)32)11(2)30-19-15(16(28-30)17(22)23)18(25)26-9-27-19/h4,9,11,14,17H,5,7-8H2,1-3H3,(H,31,32)(H2,25,26,27). The smallest absolute Gasteiger partial charge is 0.407 e. The molecule has 1 saturated heterocycles. The lowest BCUT2D eigenvalue weighted by molar-refractivity contribution is -0.0811. The normalized spacial score (nSPS) is 22.3. The van der Waals surface area contributed by atoms with Gasteiger partial charge in [-0.2, -0.15) is 10.4 Å². The molecule has 2 aromatic rings. The number of nitrogen functional groups attached to an aromatic ring is 1. The average molecular weight is 459 g/mol. The van der Waals surface area contributed by atoms with Gasteiger partial charge >= 0.3 is 6.09 Å². The molecule has 12 heteroatoms. The van der Waals surface area contributed by atoms with Crippen LogP contribution < -0.4 is 5.73 Å². The summed E-state index contributed by atoms with van der Waals surface area (Å²) >= 11 is 0. The van der Waals surface area contributed by atoms with Gasteiger partial charge in [0.05, 0.1) is 28.7 Å². The molecule has 2 unspecified atom stereocenters. The Labute approximate surface area is 188 Å². The van der Waals surface area contributed by atoms with Crippen molar-refractivity contribution in [2.75, 3.05) is 25.9 Å². The monoisotopic (exact) mass is 459 g/mol. The second kappa shape index (κ2) is 8.08. The van der Waals surface area contributed by atoms with E-state index >= 15 is 0 Å². The van der Waals surface area contributed by atoms with Crippen molar-refractivity contribution in [3.63, 3.8) is 0 Å². The molecule has 1 aliphatic heterocycles. The first-order valence-corrected chi connectivity index (χ1v) is 10.3. The summed E-state index contributed by atoms with van der Waals surface area (Å²) in [6.45, 7) is 4.11. The largest absolute Gasteiger partial charge is 0.465 e. The van der Waals surface area contributed by atoms with E-state index in [0.29, 0.717) is 17.6 Å². The number of methoxy groups -OCH3 is 1. The highest BCUT2D eigenvalue weighted by Crippen LogP contribution is 2.47. The topological polar surface area (TPSA) is 143 Å². The highest BCUT2D eigenvalue weighted by Gasteiger charge is 2.51. The van der Waals surface area contributed by atoms with Crippen molar-refractivity contribution in [2.24, 2.45) is 5.92 Å². The van der Waals surface area contributed by atoms with E-state index in [1.54, 1.807) is 19.9 Å². The first-order valence-electron chi connectivity index (χ1n) is 10.3. The summed E-state index contributed by atoms with van der Waals surface area (Å²) in [6.07, 6.45) is -0.649. The Hall–Kier alpha value is -3.59. The number of nitriles is 1. The molecule has 1 fully saturated rings. The number of allylic oxidation sites excluding steroid dienone is 2. The number of fused-ring (bicyclic) bond motifs is 1. The van der Waals surface area contributed by atoms with Crippen molar-refractivity contribution >= 4 is 22.9 Å². The third kappa shape index (κ3) is 3.39. The Balaban J connectivity index is 1.78. The van der Waals surface area contributed by atoms with Gasteiger partial charge in [-0.3, -0.25) is 0 Å². The molecule has 2 aliphatic rings. The maximum atomic E-state index is 13.7. The summed E-state index contributed by atoms with van der Waals surface area (Å²) in [5.74, 6) is -0.254. The molecule has 1 aliphatic carbocycles. The summed E-state index contributed by atoms with van der Waals surface area (Å²) in [7, 11) is 1.53. The number of hydrogen-bond donors (Lipinski definition) is 2. The van der Waals surface area contributed by atoms with Crippen LogP contribution in [0.4, 0.5) is 19.4 Å². The number of likely N-dealkylation sites (tertiary alicyclic amines) is 1. The number of carboxylic acid groups (broad SMARTS) is 1. The van der Waals surface area contributed by atoms with Crippen molar-refractivity contribution in [1.82, 2.24) is 24.6 Å². The third-order valence-electron chi connectivity index (χ3n) is 6.79. The Bertz CT molecular complexity index is 1230. The van der Waals surface area contributed by atoms with E-state index in [0.717, 1.165) is 5.57 Å². The van der Waals surface area contributed by atoms with Gasteiger partial charge in [0.2, 0.25) is 0 Å². The van der Waals surface area contributed by atoms with Crippen LogP contribution in [-0.2, 0) is 4.74 Å². The average Bonchev–Trinajstić information content (AvgIpc) is 3.14. The van der Waals surface area contributed by atoms with E-state index in [4.69, 9.17) is 10.5 Å². The van der Waals surface area contributed by atoms with Crippen molar-refractivity contribution < 1.29 is 23.4 Å². The van der Waals surface area contributed by atoms with E-state index in [-0.39, 0.29) is 35.9 Å². The lowest BCUT2D eigenvalue weighted by atomic mass is 9.68. The van der Waals surface area contributed by atoms with Gasteiger partial charge in [0.1, 0.15) is 17.8 Å². The highest BCUT2D eigenvalue weighted by molar-refractivity contribution is 5.88. The number of nitrogens with zero attached hydrogens (tertiary/aromatic N) is 6. The quantitative estimate of drug-likeness (QED) is 0.694. The molecule has 33 heavy (non-hydrogen) atoms. The molecule has 0 aromatic carbocycles. The molecule has 3 N–H and O–H groups in total.